The van der Waals surface area contributed by atoms with Gasteiger partial charge in [-0.2, -0.15) is 0 Å². The van der Waals surface area contributed by atoms with Crippen LogP contribution in [0.3, 0.4) is 0 Å². The summed E-state index contributed by atoms with van der Waals surface area (Å²) in [5.74, 6) is 0.0934. The second-order valence-electron chi connectivity index (χ2n) is 5.12. The quantitative estimate of drug-likeness (QED) is 0.845. The maximum atomic E-state index is 13.4. The number of methoxy groups -OCH3 is 1. The van der Waals surface area contributed by atoms with Crippen molar-refractivity contribution in [3.05, 3.63) is 59.4 Å². The molecule has 2 aromatic rings. The van der Waals surface area contributed by atoms with Gasteiger partial charge in [0.2, 0.25) is 5.91 Å². The number of carbonyl (C=O) groups is 1. The number of nitrogens with zero attached hydrogens (tertiary/aromatic N) is 1. The van der Waals surface area contributed by atoms with Crippen molar-refractivity contribution in [2.24, 2.45) is 0 Å². The van der Waals surface area contributed by atoms with Crippen LogP contribution in [0.2, 0.25) is 0 Å². The van der Waals surface area contributed by atoms with Crippen LogP contribution in [0.4, 0.5) is 10.1 Å². The fourth-order valence-electron chi connectivity index (χ4n) is 2.98. The van der Waals surface area contributed by atoms with Crippen molar-refractivity contribution >= 4 is 11.6 Å². The van der Waals surface area contributed by atoms with Crippen LogP contribution in [-0.2, 0) is 11.2 Å². The van der Waals surface area contributed by atoms with E-state index in [-0.39, 0.29) is 17.8 Å². The van der Waals surface area contributed by atoms with Gasteiger partial charge < -0.3 is 9.64 Å². The minimum atomic E-state index is -0.347. The third kappa shape index (κ3) is 2.27. The molecular weight excluding hydrogens is 269 g/mol. The average molecular weight is 285 g/mol. The monoisotopic (exact) mass is 285 g/mol. The minimum Gasteiger partial charge on any atom is -0.496 e. The number of hydrogen-bond donors (Lipinski definition) is 0. The number of rotatable bonds is 2. The molecule has 2 aromatic carbocycles. The molecule has 0 N–H and O–H groups in total. The molecule has 21 heavy (non-hydrogen) atoms. The third-order valence-electron chi connectivity index (χ3n) is 3.87. The maximum absolute atomic E-state index is 13.4. The number of ether oxygens (including phenoxy) is 1. The summed E-state index contributed by atoms with van der Waals surface area (Å²) in [4.78, 5) is 13.8. The number of hydrogen-bond acceptors (Lipinski definition) is 2. The minimum absolute atomic E-state index is 0.0312. The van der Waals surface area contributed by atoms with Crippen LogP contribution >= 0.6 is 0 Å². The highest BCUT2D eigenvalue weighted by atomic mass is 19.1. The molecule has 1 atom stereocenters. The van der Waals surface area contributed by atoms with Crippen molar-refractivity contribution in [3.8, 4) is 5.75 Å². The van der Waals surface area contributed by atoms with Crippen LogP contribution < -0.4 is 9.64 Å². The van der Waals surface area contributed by atoms with Crippen molar-refractivity contribution in [3.63, 3.8) is 0 Å². The second-order valence-corrected chi connectivity index (χ2v) is 5.12. The van der Waals surface area contributed by atoms with E-state index in [4.69, 9.17) is 4.74 Å². The van der Waals surface area contributed by atoms with Crippen molar-refractivity contribution in [2.75, 3.05) is 12.0 Å². The molecule has 1 aliphatic heterocycles. The number of carbonyl (C=O) groups excluding carboxylic acids is 1. The first-order valence-electron chi connectivity index (χ1n) is 6.83. The molecule has 3 nitrogen and oxygen atoms in total. The Kier molecular flexibility index (Phi) is 3.37. The Morgan fingerprint density at radius 2 is 2.05 bits per heavy atom. The lowest BCUT2D eigenvalue weighted by molar-refractivity contribution is -0.116. The topological polar surface area (TPSA) is 29.5 Å². The molecule has 1 heterocycles. The van der Waals surface area contributed by atoms with E-state index < -0.39 is 0 Å². The van der Waals surface area contributed by atoms with Crippen molar-refractivity contribution in [1.29, 1.82) is 0 Å². The Labute approximate surface area is 123 Å². The number of fused-ring (bicyclic) bond motifs is 1. The van der Waals surface area contributed by atoms with Crippen LogP contribution in [0.5, 0.6) is 5.75 Å². The van der Waals surface area contributed by atoms with Gasteiger partial charge in [0.25, 0.3) is 0 Å². The highest BCUT2D eigenvalue weighted by Gasteiger charge is 2.34. The maximum Gasteiger partial charge on any atom is 0.224 e. The molecule has 0 fully saturated rings. The van der Waals surface area contributed by atoms with E-state index in [0.29, 0.717) is 12.2 Å². The smallest absolute Gasteiger partial charge is 0.224 e. The van der Waals surface area contributed by atoms with Gasteiger partial charge in [-0.3, -0.25) is 4.79 Å². The van der Waals surface area contributed by atoms with E-state index in [1.807, 2.05) is 24.3 Å². The van der Waals surface area contributed by atoms with E-state index in [1.54, 1.807) is 17.9 Å². The number of amides is 1. The van der Waals surface area contributed by atoms with E-state index in [1.165, 1.54) is 19.2 Å². The lowest BCUT2D eigenvalue weighted by Crippen LogP contribution is -2.30. The average Bonchev–Trinajstić information content (AvgIpc) is 2.86. The zero-order valence-electron chi connectivity index (χ0n) is 12.0. The van der Waals surface area contributed by atoms with E-state index in [9.17, 15) is 9.18 Å². The Morgan fingerprint density at radius 3 is 2.76 bits per heavy atom. The van der Waals surface area contributed by atoms with Crippen molar-refractivity contribution < 1.29 is 13.9 Å². The largest absolute Gasteiger partial charge is 0.496 e. The zero-order chi connectivity index (χ0) is 15.0. The molecule has 4 heteroatoms. The molecule has 0 aromatic heterocycles. The summed E-state index contributed by atoms with van der Waals surface area (Å²) < 4.78 is 18.7. The van der Waals surface area contributed by atoms with Gasteiger partial charge in [0, 0.05) is 24.2 Å². The SMILES string of the molecule is COc1cc(F)ccc1C1Cc2ccccc2N1C(C)=O. The first-order chi connectivity index (χ1) is 10.1. The molecular formula is C17H16FNO2. The fourth-order valence-corrected chi connectivity index (χ4v) is 2.98. The van der Waals surface area contributed by atoms with Gasteiger partial charge in [-0.05, 0) is 24.1 Å². The highest BCUT2D eigenvalue weighted by molar-refractivity contribution is 5.95. The van der Waals surface area contributed by atoms with Crippen molar-refractivity contribution in [1.82, 2.24) is 0 Å². The lowest BCUT2D eigenvalue weighted by atomic mass is 10.0. The van der Waals surface area contributed by atoms with Crippen LogP contribution in [0.25, 0.3) is 0 Å². The Balaban J connectivity index is 2.09. The molecule has 3 rings (SSSR count). The van der Waals surface area contributed by atoms with Gasteiger partial charge >= 0.3 is 0 Å². The molecule has 1 aliphatic rings. The molecule has 0 saturated heterocycles. The van der Waals surface area contributed by atoms with E-state index >= 15 is 0 Å². The summed E-state index contributed by atoms with van der Waals surface area (Å²) >= 11 is 0. The fraction of sp³-hybridized carbons (Fsp3) is 0.235. The lowest BCUT2D eigenvalue weighted by Gasteiger charge is -2.26. The Bertz CT molecular complexity index is 699. The summed E-state index contributed by atoms with van der Waals surface area (Å²) in [6.45, 7) is 1.55. The van der Waals surface area contributed by atoms with Crippen molar-refractivity contribution in [2.45, 2.75) is 19.4 Å². The third-order valence-corrected chi connectivity index (χ3v) is 3.87. The second kappa shape index (κ2) is 5.20. The van der Waals surface area contributed by atoms with Crippen LogP contribution in [-0.4, -0.2) is 13.0 Å². The summed E-state index contributed by atoms with van der Waals surface area (Å²) in [7, 11) is 1.51. The number of anilines is 1. The number of halogens is 1. The Morgan fingerprint density at radius 1 is 1.29 bits per heavy atom. The van der Waals surface area contributed by atoms with Gasteiger partial charge in [0.1, 0.15) is 11.6 Å². The molecule has 1 amide bonds. The molecule has 0 saturated carbocycles. The first-order valence-corrected chi connectivity index (χ1v) is 6.83. The summed E-state index contributed by atoms with van der Waals surface area (Å²) in [5, 5.41) is 0. The molecule has 1 unspecified atom stereocenters. The Hall–Kier alpha value is -2.36. The van der Waals surface area contributed by atoms with Gasteiger partial charge in [-0.15, -0.1) is 0 Å². The van der Waals surface area contributed by atoms with Gasteiger partial charge in [0.05, 0.1) is 13.2 Å². The van der Waals surface area contributed by atoms with Crippen LogP contribution in [0, 0.1) is 5.82 Å². The van der Waals surface area contributed by atoms with E-state index in [2.05, 4.69) is 0 Å². The standard InChI is InChI=1S/C17H16FNO2/c1-11(20)19-15-6-4-3-5-12(15)9-16(19)14-8-7-13(18)10-17(14)21-2/h3-8,10,16H,9H2,1-2H3. The number of para-hydroxylation sites is 1. The number of benzene rings is 2. The highest BCUT2D eigenvalue weighted by Crippen LogP contribution is 2.43. The first kappa shape index (κ1) is 13.6. The normalized spacial score (nSPS) is 16.7. The van der Waals surface area contributed by atoms with Gasteiger partial charge in [-0.25, -0.2) is 4.39 Å². The van der Waals surface area contributed by atoms with Gasteiger partial charge in [0.15, 0.2) is 0 Å². The molecule has 0 aliphatic carbocycles. The summed E-state index contributed by atoms with van der Waals surface area (Å²) in [6.07, 6.45) is 0.706. The summed E-state index contributed by atoms with van der Waals surface area (Å²) in [6, 6.07) is 12.1. The van der Waals surface area contributed by atoms with Crippen LogP contribution in [0.15, 0.2) is 42.5 Å². The van der Waals surface area contributed by atoms with E-state index in [0.717, 1.165) is 16.8 Å². The molecule has 0 spiro atoms. The van der Waals surface area contributed by atoms with Gasteiger partial charge in [-0.1, -0.05) is 24.3 Å². The predicted molar refractivity (Wildman–Crippen MR) is 79.0 cm³/mol. The zero-order valence-corrected chi connectivity index (χ0v) is 12.0. The molecule has 0 bridgehead atoms. The predicted octanol–water partition coefficient (Wildman–Crippen LogP) is 3.48. The van der Waals surface area contributed by atoms with Crippen LogP contribution in [0.1, 0.15) is 24.1 Å². The summed E-state index contributed by atoms with van der Waals surface area (Å²) in [5.41, 5.74) is 2.86. The molecule has 108 valence electrons. The molecule has 0 radical (unpaired) electrons.